The van der Waals surface area contributed by atoms with Crippen molar-refractivity contribution in [1.29, 1.82) is 0 Å². The van der Waals surface area contributed by atoms with Crippen LogP contribution in [0, 0.1) is 0 Å². The van der Waals surface area contributed by atoms with Crippen molar-refractivity contribution in [3.63, 3.8) is 0 Å². The molecule has 0 unspecified atom stereocenters. The molecular formula is C25H54N2O2. The van der Waals surface area contributed by atoms with Crippen LogP contribution in [0.5, 0.6) is 0 Å². The van der Waals surface area contributed by atoms with E-state index in [4.69, 9.17) is 10.8 Å². The smallest absolute Gasteiger partial charge is 0.303 e. The fourth-order valence-corrected chi connectivity index (χ4v) is 3.50. The first kappa shape index (κ1) is 30.6. The van der Waals surface area contributed by atoms with E-state index in [1.807, 2.05) is 0 Å². The molecule has 0 aromatic carbocycles. The van der Waals surface area contributed by atoms with Crippen molar-refractivity contribution in [2.75, 3.05) is 26.2 Å². The van der Waals surface area contributed by atoms with Gasteiger partial charge >= 0.3 is 5.97 Å². The van der Waals surface area contributed by atoms with Gasteiger partial charge in [-0.05, 0) is 39.0 Å². The number of aliphatic carboxylic acids is 1. The molecule has 0 aliphatic rings. The van der Waals surface area contributed by atoms with Gasteiger partial charge in [-0.15, -0.1) is 0 Å². The standard InChI is InChI=1S/C18H36O2.C7H18N2/c1-2-3-4-5-6-7-8-9-10-11-12-13-14-15-16-17-18(19)20;1-3-9(4-2)7-5-6-8/h2-17H2,1H3,(H,19,20);3-8H2,1-2H3. The average molecular weight is 415 g/mol. The maximum Gasteiger partial charge on any atom is 0.303 e. The predicted molar refractivity (Wildman–Crippen MR) is 129 cm³/mol. The van der Waals surface area contributed by atoms with E-state index in [-0.39, 0.29) is 0 Å². The number of carboxylic acid groups (broad SMARTS) is 1. The van der Waals surface area contributed by atoms with Crippen LogP contribution in [0.2, 0.25) is 0 Å². The largest absolute Gasteiger partial charge is 0.481 e. The van der Waals surface area contributed by atoms with Crippen molar-refractivity contribution >= 4 is 5.97 Å². The second-order valence-electron chi connectivity index (χ2n) is 8.26. The Morgan fingerprint density at radius 2 is 1.03 bits per heavy atom. The highest BCUT2D eigenvalue weighted by Gasteiger charge is 1.97. The van der Waals surface area contributed by atoms with Crippen LogP contribution < -0.4 is 5.73 Å². The van der Waals surface area contributed by atoms with Crippen molar-refractivity contribution in [3.05, 3.63) is 0 Å². The Labute approximate surface area is 183 Å². The van der Waals surface area contributed by atoms with Gasteiger partial charge in [0.05, 0.1) is 0 Å². The van der Waals surface area contributed by atoms with Crippen LogP contribution in [0.4, 0.5) is 0 Å². The number of hydrogen-bond acceptors (Lipinski definition) is 3. The van der Waals surface area contributed by atoms with E-state index in [0.29, 0.717) is 6.42 Å². The zero-order chi connectivity index (χ0) is 22.0. The molecule has 0 fully saturated rings. The molecule has 0 saturated heterocycles. The Balaban J connectivity index is 0. The molecule has 0 spiro atoms. The quantitative estimate of drug-likeness (QED) is 0.198. The maximum atomic E-state index is 10.3. The average Bonchev–Trinajstić information content (AvgIpc) is 2.72. The van der Waals surface area contributed by atoms with E-state index < -0.39 is 5.97 Å². The molecule has 0 atom stereocenters. The van der Waals surface area contributed by atoms with Crippen LogP contribution in [-0.4, -0.2) is 42.2 Å². The molecule has 0 bridgehead atoms. The molecule has 4 nitrogen and oxygen atoms in total. The monoisotopic (exact) mass is 414 g/mol. The molecule has 0 saturated carbocycles. The molecule has 29 heavy (non-hydrogen) atoms. The SMILES string of the molecule is CCCCCCCCCCCCCCCCCC(=O)O.CCN(CC)CCCN. The number of carboxylic acids is 1. The summed E-state index contributed by atoms with van der Waals surface area (Å²) in [7, 11) is 0. The number of nitrogens with zero attached hydrogens (tertiary/aromatic N) is 1. The normalized spacial score (nSPS) is 10.8. The van der Waals surface area contributed by atoms with Crippen molar-refractivity contribution in [3.8, 4) is 0 Å². The highest BCUT2D eigenvalue weighted by molar-refractivity contribution is 5.66. The summed E-state index contributed by atoms with van der Waals surface area (Å²) in [6.07, 6.45) is 21.3. The minimum atomic E-state index is -0.653. The van der Waals surface area contributed by atoms with E-state index >= 15 is 0 Å². The Kier molecular flexibility index (Phi) is 28.9. The van der Waals surface area contributed by atoms with Gasteiger partial charge in [-0.3, -0.25) is 4.79 Å². The van der Waals surface area contributed by atoms with Gasteiger partial charge in [0.25, 0.3) is 0 Å². The maximum absolute atomic E-state index is 10.3. The van der Waals surface area contributed by atoms with E-state index in [2.05, 4.69) is 25.7 Å². The predicted octanol–water partition coefficient (Wildman–Crippen LogP) is 7.01. The van der Waals surface area contributed by atoms with Crippen LogP contribution in [-0.2, 0) is 4.79 Å². The Morgan fingerprint density at radius 1 is 0.655 bits per heavy atom. The van der Waals surface area contributed by atoms with Crippen LogP contribution >= 0.6 is 0 Å². The summed E-state index contributed by atoms with van der Waals surface area (Å²) in [5, 5.41) is 8.52. The van der Waals surface area contributed by atoms with Crippen LogP contribution in [0.3, 0.4) is 0 Å². The third kappa shape index (κ3) is 29.7. The first-order chi connectivity index (χ1) is 14.1. The summed E-state index contributed by atoms with van der Waals surface area (Å²) in [6, 6.07) is 0. The van der Waals surface area contributed by atoms with Gasteiger partial charge in [0.15, 0.2) is 0 Å². The lowest BCUT2D eigenvalue weighted by Crippen LogP contribution is -2.25. The van der Waals surface area contributed by atoms with Gasteiger partial charge in [0.1, 0.15) is 0 Å². The third-order valence-corrected chi connectivity index (χ3v) is 5.57. The summed E-state index contributed by atoms with van der Waals surface area (Å²) in [5.74, 6) is -0.653. The molecule has 0 radical (unpaired) electrons. The molecule has 0 aromatic heterocycles. The highest BCUT2D eigenvalue weighted by atomic mass is 16.4. The lowest BCUT2D eigenvalue weighted by atomic mass is 10.0. The summed E-state index contributed by atoms with van der Waals surface area (Å²) in [4.78, 5) is 12.7. The van der Waals surface area contributed by atoms with Gasteiger partial charge in [-0.1, -0.05) is 111 Å². The topological polar surface area (TPSA) is 66.6 Å². The van der Waals surface area contributed by atoms with Crippen molar-refractivity contribution in [2.45, 2.75) is 130 Å². The Morgan fingerprint density at radius 3 is 1.34 bits per heavy atom. The van der Waals surface area contributed by atoms with Crippen LogP contribution in [0.15, 0.2) is 0 Å². The molecule has 0 rings (SSSR count). The molecule has 0 aliphatic heterocycles. The van der Waals surface area contributed by atoms with E-state index in [9.17, 15) is 4.79 Å². The molecular weight excluding hydrogens is 360 g/mol. The molecule has 0 aromatic rings. The second kappa shape index (κ2) is 27.4. The lowest BCUT2D eigenvalue weighted by molar-refractivity contribution is -0.137. The summed E-state index contributed by atoms with van der Waals surface area (Å²) >= 11 is 0. The third-order valence-electron chi connectivity index (χ3n) is 5.57. The fourth-order valence-electron chi connectivity index (χ4n) is 3.50. The number of hydrogen-bond donors (Lipinski definition) is 2. The Bertz CT molecular complexity index is 307. The second-order valence-corrected chi connectivity index (χ2v) is 8.26. The molecule has 0 aliphatic carbocycles. The number of nitrogens with two attached hydrogens (primary N) is 1. The first-order valence-corrected chi connectivity index (χ1v) is 12.8. The van der Waals surface area contributed by atoms with Gasteiger partial charge in [0, 0.05) is 6.42 Å². The van der Waals surface area contributed by atoms with Crippen molar-refractivity contribution in [2.24, 2.45) is 5.73 Å². The highest BCUT2D eigenvalue weighted by Crippen LogP contribution is 2.13. The summed E-state index contributed by atoms with van der Waals surface area (Å²) in [6.45, 7) is 10.9. The number of rotatable bonds is 21. The minimum Gasteiger partial charge on any atom is -0.481 e. The van der Waals surface area contributed by atoms with Gasteiger partial charge in [-0.25, -0.2) is 0 Å². The van der Waals surface area contributed by atoms with E-state index in [0.717, 1.165) is 45.4 Å². The zero-order valence-corrected chi connectivity index (χ0v) is 20.2. The molecule has 4 heteroatoms. The molecule has 3 N–H and O–H groups in total. The lowest BCUT2D eigenvalue weighted by Gasteiger charge is -2.16. The van der Waals surface area contributed by atoms with Gasteiger partial charge < -0.3 is 15.7 Å². The molecule has 0 amide bonds. The summed E-state index contributed by atoms with van der Waals surface area (Å²) in [5.41, 5.74) is 5.36. The van der Waals surface area contributed by atoms with Crippen molar-refractivity contribution < 1.29 is 9.90 Å². The first-order valence-electron chi connectivity index (χ1n) is 12.8. The molecule has 176 valence electrons. The van der Waals surface area contributed by atoms with Gasteiger partial charge in [0.2, 0.25) is 0 Å². The zero-order valence-electron chi connectivity index (χ0n) is 20.2. The van der Waals surface area contributed by atoms with Crippen LogP contribution in [0.25, 0.3) is 0 Å². The fraction of sp³-hybridized carbons (Fsp3) is 0.960. The Hall–Kier alpha value is -0.610. The minimum absolute atomic E-state index is 0.345. The summed E-state index contributed by atoms with van der Waals surface area (Å²) < 4.78 is 0. The number of carbonyl (C=O) groups is 1. The van der Waals surface area contributed by atoms with E-state index in [1.165, 1.54) is 83.5 Å². The van der Waals surface area contributed by atoms with Crippen molar-refractivity contribution in [1.82, 2.24) is 4.90 Å². The van der Waals surface area contributed by atoms with Crippen LogP contribution in [0.1, 0.15) is 130 Å². The van der Waals surface area contributed by atoms with Gasteiger partial charge in [-0.2, -0.15) is 0 Å². The van der Waals surface area contributed by atoms with E-state index in [1.54, 1.807) is 0 Å². The number of unbranched alkanes of at least 4 members (excludes halogenated alkanes) is 14. The molecule has 0 heterocycles.